The van der Waals surface area contributed by atoms with E-state index in [1.807, 2.05) is 37.5 Å². The van der Waals surface area contributed by atoms with E-state index in [1.54, 1.807) is 28.8 Å². The van der Waals surface area contributed by atoms with Crippen molar-refractivity contribution in [3.05, 3.63) is 54.8 Å². The first kappa shape index (κ1) is 15.4. The second kappa shape index (κ2) is 7.17. The van der Waals surface area contributed by atoms with Crippen LogP contribution in [0.5, 0.6) is 5.75 Å². The number of benzene rings is 2. The van der Waals surface area contributed by atoms with E-state index in [0.717, 1.165) is 5.39 Å². The maximum Gasteiger partial charge on any atom is 0.167 e. The highest BCUT2D eigenvalue weighted by Gasteiger charge is 2.07. The molecule has 0 spiro atoms. The lowest BCUT2D eigenvalue weighted by molar-refractivity contribution is -0.412. The van der Waals surface area contributed by atoms with Gasteiger partial charge in [-0.25, -0.2) is 4.58 Å². The normalized spacial score (nSPS) is 12.0. The predicted octanol–water partition coefficient (Wildman–Crippen LogP) is 3.62. The monoisotopic (exact) mass is 295 g/mol. The molecule has 0 aliphatic heterocycles. The fourth-order valence-electron chi connectivity index (χ4n) is 1.98. The minimum absolute atomic E-state index is 0.149. The lowest BCUT2D eigenvalue weighted by Crippen LogP contribution is -1.87. The van der Waals surface area contributed by atoms with Crippen LogP contribution in [-0.4, -0.2) is 30.0 Å². The second-order valence-corrected chi connectivity index (χ2v) is 4.82. The number of hydrogen-bond donors (Lipinski definition) is 2. The zero-order valence-corrected chi connectivity index (χ0v) is 12.5. The number of allylic oxidation sites excluding steroid dienone is 2. The van der Waals surface area contributed by atoms with Gasteiger partial charge in [0.15, 0.2) is 6.20 Å². The third-order valence-corrected chi connectivity index (χ3v) is 2.98. The largest absolute Gasteiger partial charge is 0.507 e. The minimum Gasteiger partial charge on any atom is -0.507 e. The zero-order valence-electron chi connectivity index (χ0n) is 12.5. The van der Waals surface area contributed by atoms with Gasteiger partial charge >= 0.3 is 0 Å². The molecule has 3 N–H and O–H groups in total. The van der Waals surface area contributed by atoms with Crippen molar-refractivity contribution in [2.45, 2.75) is 0 Å². The van der Waals surface area contributed by atoms with Gasteiger partial charge in [0.2, 0.25) is 0 Å². The van der Waals surface area contributed by atoms with Crippen molar-refractivity contribution in [3.8, 4) is 5.75 Å². The van der Waals surface area contributed by atoms with Gasteiger partial charge in [-0.1, -0.05) is 24.3 Å². The number of anilines is 1. The number of phenolic OH excluding ortho intramolecular Hbond substituents is 1. The summed E-state index contributed by atoms with van der Waals surface area (Å²) in [5, 5.41) is 19.7. The van der Waals surface area contributed by atoms with Crippen molar-refractivity contribution >= 4 is 28.9 Å². The van der Waals surface area contributed by atoms with Gasteiger partial charge in [0.05, 0.1) is 17.6 Å². The SMILES string of the molecule is C=[N+](C)/C=C\C=C/C/N=N/c1ccc(N)c2cccc(O)c12. The van der Waals surface area contributed by atoms with Crippen LogP contribution >= 0.6 is 0 Å². The molecule has 0 heterocycles. The standard InChI is InChI=1S/C17H18N4O/c1-21(2)12-5-3-4-11-19-20-15-10-9-14(18)13-7-6-8-16(22)17(13)15/h3-10,12H,1,11H2,2H3,(H2-,18,19,20,22)/p+1/b4-3-,12-5-. The number of hydrogen-bond acceptors (Lipinski definition) is 4. The molecule has 5 heteroatoms. The number of nitrogens with two attached hydrogens (primary N) is 1. The second-order valence-electron chi connectivity index (χ2n) is 4.82. The van der Waals surface area contributed by atoms with E-state index >= 15 is 0 Å². The average molecular weight is 295 g/mol. The number of nitrogens with zero attached hydrogens (tertiary/aromatic N) is 3. The van der Waals surface area contributed by atoms with Crippen molar-refractivity contribution < 1.29 is 9.68 Å². The summed E-state index contributed by atoms with van der Waals surface area (Å²) in [5.74, 6) is 0.149. The molecule has 0 aliphatic rings. The number of azo groups is 1. The highest BCUT2D eigenvalue weighted by atomic mass is 16.3. The van der Waals surface area contributed by atoms with Crippen LogP contribution in [0.4, 0.5) is 11.4 Å². The van der Waals surface area contributed by atoms with Gasteiger partial charge in [0.25, 0.3) is 0 Å². The number of nitrogen functional groups attached to an aromatic ring is 1. The summed E-state index contributed by atoms with van der Waals surface area (Å²) in [4.78, 5) is 0. The molecule has 0 bridgehead atoms. The molecule has 2 rings (SSSR count). The Balaban J connectivity index is 2.17. The summed E-state index contributed by atoms with van der Waals surface area (Å²) < 4.78 is 1.70. The highest BCUT2D eigenvalue weighted by molar-refractivity contribution is 6.03. The minimum atomic E-state index is 0.149. The van der Waals surface area contributed by atoms with E-state index in [0.29, 0.717) is 23.3 Å². The molecular formula is C17H19N4O+. The Morgan fingerprint density at radius 2 is 2.09 bits per heavy atom. The molecule has 0 unspecified atom stereocenters. The van der Waals surface area contributed by atoms with Crippen molar-refractivity contribution in [1.82, 2.24) is 0 Å². The maximum absolute atomic E-state index is 10.0. The van der Waals surface area contributed by atoms with Crippen LogP contribution in [0.25, 0.3) is 10.8 Å². The van der Waals surface area contributed by atoms with E-state index in [9.17, 15) is 5.11 Å². The summed E-state index contributed by atoms with van der Waals surface area (Å²) in [6.07, 6.45) is 7.45. The lowest BCUT2D eigenvalue weighted by Gasteiger charge is -2.06. The van der Waals surface area contributed by atoms with Crippen LogP contribution < -0.4 is 5.73 Å². The molecule has 0 aromatic heterocycles. The van der Waals surface area contributed by atoms with Crippen LogP contribution in [0.15, 0.2) is 65.0 Å². The van der Waals surface area contributed by atoms with Crippen molar-refractivity contribution in [2.24, 2.45) is 10.2 Å². The molecule has 0 radical (unpaired) electrons. The van der Waals surface area contributed by atoms with Gasteiger partial charge in [-0.3, -0.25) is 0 Å². The molecule has 0 fully saturated rings. The predicted molar refractivity (Wildman–Crippen MR) is 91.0 cm³/mol. The van der Waals surface area contributed by atoms with Crippen LogP contribution in [0, 0.1) is 0 Å². The first-order valence-corrected chi connectivity index (χ1v) is 6.84. The lowest BCUT2D eigenvalue weighted by atomic mass is 10.1. The van der Waals surface area contributed by atoms with Gasteiger partial charge in [-0.05, 0) is 18.2 Å². The maximum atomic E-state index is 10.0. The Kier molecular flexibility index (Phi) is 5.03. The van der Waals surface area contributed by atoms with Crippen molar-refractivity contribution in [2.75, 3.05) is 19.3 Å². The molecule has 112 valence electrons. The quantitative estimate of drug-likeness (QED) is 0.291. The molecule has 22 heavy (non-hydrogen) atoms. The van der Waals surface area contributed by atoms with E-state index in [-0.39, 0.29) is 5.75 Å². The van der Waals surface area contributed by atoms with Crippen LogP contribution in [0.1, 0.15) is 0 Å². The zero-order chi connectivity index (χ0) is 15.9. The summed E-state index contributed by atoms with van der Waals surface area (Å²) in [5.41, 5.74) is 7.12. The molecule has 0 saturated heterocycles. The van der Waals surface area contributed by atoms with E-state index in [4.69, 9.17) is 5.73 Å². The summed E-state index contributed by atoms with van der Waals surface area (Å²) in [6.45, 7) is 4.14. The molecule has 0 atom stereocenters. The third kappa shape index (κ3) is 3.79. The van der Waals surface area contributed by atoms with E-state index < -0.39 is 0 Å². The Morgan fingerprint density at radius 3 is 2.86 bits per heavy atom. The van der Waals surface area contributed by atoms with Gasteiger partial charge in [0, 0.05) is 17.1 Å². The Bertz CT molecular complexity index is 776. The molecular weight excluding hydrogens is 276 g/mol. The van der Waals surface area contributed by atoms with Gasteiger partial charge < -0.3 is 10.8 Å². The van der Waals surface area contributed by atoms with E-state index in [1.165, 1.54) is 0 Å². The Labute approximate surface area is 129 Å². The van der Waals surface area contributed by atoms with Crippen LogP contribution in [0.2, 0.25) is 0 Å². The van der Waals surface area contributed by atoms with Gasteiger partial charge in [-0.15, -0.1) is 0 Å². The number of fused-ring (bicyclic) bond motifs is 1. The summed E-state index contributed by atoms with van der Waals surface area (Å²) in [6, 6.07) is 8.73. The molecule has 0 amide bonds. The third-order valence-electron chi connectivity index (χ3n) is 2.98. The summed E-state index contributed by atoms with van der Waals surface area (Å²) >= 11 is 0. The summed E-state index contributed by atoms with van der Waals surface area (Å²) in [7, 11) is 1.85. The number of rotatable bonds is 5. The first-order valence-electron chi connectivity index (χ1n) is 6.84. The molecule has 2 aromatic carbocycles. The van der Waals surface area contributed by atoms with Gasteiger partial charge in [0.1, 0.15) is 19.5 Å². The molecule has 0 aliphatic carbocycles. The van der Waals surface area contributed by atoms with Gasteiger partial charge in [-0.2, -0.15) is 10.2 Å². The van der Waals surface area contributed by atoms with Crippen LogP contribution in [-0.2, 0) is 0 Å². The fraction of sp³-hybridized carbons (Fsp3) is 0.118. The number of aromatic hydroxyl groups is 1. The Morgan fingerprint density at radius 1 is 1.27 bits per heavy atom. The molecule has 2 aromatic rings. The van der Waals surface area contributed by atoms with E-state index in [2.05, 4.69) is 16.9 Å². The Hall–Kier alpha value is -2.95. The number of phenols is 1. The molecule has 0 saturated carbocycles. The fourth-order valence-corrected chi connectivity index (χ4v) is 1.98. The highest BCUT2D eigenvalue weighted by Crippen LogP contribution is 2.36. The van der Waals surface area contributed by atoms with Crippen molar-refractivity contribution in [3.63, 3.8) is 0 Å². The molecule has 5 nitrogen and oxygen atoms in total. The van der Waals surface area contributed by atoms with Crippen molar-refractivity contribution in [1.29, 1.82) is 0 Å². The van der Waals surface area contributed by atoms with Crippen LogP contribution in [0.3, 0.4) is 0 Å². The topological polar surface area (TPSA) is 74.0 Å². The average Bonchev–Trinajstić information content (AvgIpc) is 2.48. The smallest absolute Gasteiger partial charge is 0.167 e. The first-order chi connectivity index (χ1) is 10.6.